The van der Waals surface area contributed by atoms with Crippen LogP contribution in [0.3, 0.4) is 0 Å². The van der Waals surface area contributed by atoms with Gasteiger partial charge in [-0.25, -0.2) is 4.98 Å². The normalized spacial score (nSPS) is 12.7. The molecule has 0 aliphatic carbocycles. The summed E-state index contributed by atoms with van der Waals surface area (Å²) in [5.41, 5.74) is 4.31. The van der Waals surface area contributed by atoms with Gasteiger partial charge in [-0.1, -0.05) is 18.2 Å². The molecule has 5 nitrogen and oxygen atoms in total. The smallest absolute Gasteiger partial charge is 0.231 e. The number of thiazole rings is 1. The van der Waals surface area contributed by atoms with Gasteiger partial charge in [-0.05, 0) is 36.8 Å². The van der Waals surface area contributed by atoms with E-state index in [1.807, 2.05) is 54.8 Å². The first-order valence-corrected chi connectivity index (χ1v) is 8.91. The van der Waals surface area contributed by atoms with Crippen LogP contribution in [-0.4, -0.2) is 11.8 Å². The lowest BCUT2D eigenvalue weighted by Crippen LogP contribution is -1.93. The summed E-state index contributed by atoms with van der Waals surface area (Å²) in [7, 11) is 0. The van der Waals surface area contributed by atoms with Crippen molar-refractivity contribution < 1.29 is 9.47 Å². The molecule has 4 rings (SSSR count). The van der Waals surface area contributed by atoms with Crippen LogP contribution in [0.4, 0.5) is 5.69 Å². The highest BCUT2D eigenvalue weighted by atomic mass is 32.1. The molecule has 0 saturated carbocycles. The van der Waals surface area contributed by atoms with E-state index >= 15 is 0 Å². The average molecular weight is 361 g/mol. The maximum absolute atomic E-state index is 9.51. The highest BCUT2D eigenvalue weighted by Gasteiger charge is 2.15. The molecule has 1 aliphatic heterocycles. The van der Waals surface area contributed by atoms with Gasteiger partial charge in [0.15, 0.2) is 11.5 Å². The van der Waals surface area contributed by atoms with E-state index in [9.17, 15) is 5.26 Å². The van der Waals surface area contributed by atoms with Crippen LogP contribution in [0, 0.1) is 18.3 Å². The van der Waals surface area contributed by atoms with Crippen LogP contribution in [0.5, 0.6) is 11.5 Å². The lowest BCUT2D eigenvalue weighted by molar-refractivity contribution is 0.174. The zero-order valence-electron chi connectivity index (χ0n) is 14.0. The second-order valence-corrected chi connectivity index (χ2v) is 6.59. The molecule has 3 aromatic rings. The number of nitriles is 1. The maximum atomic E-state index is 9.51. The molecule has 2 aromatic carbocycles. The Morgan fingerprint density at radius 2 is 2.08 bits per heavy atom. The summed E-state index contributed by atoms with van der Waals surface area (Å²) in [6.07, 6.45) is 1.70. The third-order valence-corrected chi connectivity index (χ3v) is 4.92. The first-order valence-electron chi connectivity index (χ1n) is 8.03. The minimum absolute atomic E-state index is 0.243. The Bertz CT molecular complexity index is 1030. The zero-order chi connectivity index (χ0) is 17.9. The number of nitrogens with zero attached hydrogens (tertiary/aromatic N) is 2. The van der Waals surface area contributed by atoms with Crippen LogP contribution in [0.2, 0.25) is 0 Å². The number of anilines is 1. The summed E-state index contributed by atoms with van der Waals surface area (Å²) in [6.45, 7) is 2.26. The highest BCUT2D eigenvalue weighted by molar-refractivity contribution is 7.11. The Kier molecular flexibility index (Phi) is 4.30. The average Bonchev–Trinajstić information content (AvgIpc) is 3.32. The molecule has 0 saturated heterocycles. The van der Waals surface area contributed by atoms with Gasteiger partial charge >= 0.3 is 0 Å². The molecule has 0 amide bonds. The molecule has 1 aliphatic rings. The van der Waals surface area contributed by atoms with Crippen LogP contribution in [0.1, 0.15) is 10.6 Å². The number of nitrogens with one attached hydrogen (secondary N) is 1. The molecule has 1 N–H and O–H groups in total. The minimum atomic E-state index is 0.243. The van der Waals surface area contributed by atoms with E-state index in [2.05, 4.69) is 16.4 Å². The molecule has 0 atom stereocenters. The molecule has 0 fully saturated rings. The number of aryl methyl sites for hydroxylation is 1. The van der Waals surface area contributed by atoms with Crippen LogP contribution in [-0.2, 0) is 0 Å². The van der Waals surface area contributed by atoms with Crippen molar-refractivity contribution in [2.45, 2.75) is 6.92 Å². The Morgan fingerprint density at radius 1 is 1.23 bits per heavy atom. The van der Waals surface area contributed by atoms with Crippen molar-refractivity contribution in [3.63, 3.8) is 0 Å². The van der Waals surface area contributed by atoms with Gasteiger partial charge in [-0.2, -0.15) is 5.26 Å². The van der Waals surface area contributed by atoms with Gasteiger partial charge in [0.2, 0.25) is 6.79 Å². The van der Waals surface area contributed by atoms with E-state index < -0.39 is 0 Å². The van der Waals surface area contributed by atoms with Gasteiger partial charge in [0, 0.05) is 22.8 Å². The van der Waals surface area contributed by atoms with Gasteiger partial charge in [0.1, 0.15) is 16.6 Å². The van der Waals surface area contributed by atoms with Crippen molar-refractivity contribution in [2.75, 3.05) is 12.1 Å². The number of allylic oxidation sites excluding steroid dienone is 1. The lowest BCUT2D eigenvalue weighted by Gasteiger charge is -2.04. The first kappa shape index (κ1) is 16.2. The predicted molar refractivity (Wildman–Crippen MR) is 102 cm³/mol. The van der Waals surface area contributed by atoms with Crippen LogP contribution in [0.15, 0.2) is 54.0 Å². The summed E-state index contributed by atoms with van der Waals surface area (Å²) in [4.78, 5) is 4.60. The number of ether oxygens (including phenoxy) is 2. The number of aromatic nitrogens is 1. The van der Waals surface area contributed by atoms with Crippen LogP contribution < -0.4 is 14.8 Å². The fourth-order valence-corrected chi connectivity index (χ4v) is 3.41. The summed E-state index contributed by atoms with van der Waals surface area (Å²) in [5, 5.41) is 15.3. The molecular weight excluding hydrogens is 346 g/mol. The van der Waals surface area contributed by atoms with Crippen molar-refractivity contribution in [1.29, 1.82) is 5.26 Å². The van der Waals surface area contributed by atoms with E-state index in [4.69, 9.17) is 9.47 Å². The molecule has 0 radical (unpaired) electrons. The zero-order valence-corrected chi connectivity index (χ0v) is 14.8. The SMILES string of the molecule is Cc1ccccc1N/C=C(/C#N)c1nc(-c2ccc3c(c2)OCO3)cs1. The number of benzene rings is 2. The van der Waals surface area contributed by atoms with Gasteiger partial charge in [0.05, 0.1) is 5.69 Å². The standard InChI is InChI=1S/C20H15N3O2S/c1-13-4-2-3-5-16(13)22-10-15(9-21)20-23-17(11-26-20)14-6-7-18-19(8-14)25-12-24-18/h2-8,10-11,22H,12H2,1H3/b15-10-. The molecule has 128 valence electrons. The summed E-state index contributed by atoms with van der Waals surface area (Å²) < 4.78 is 10.7. The van der Waals surface area contributed by atoms with Crippen molar-refractivity contribution >= 4 is 22.6 Å². The Labute approximate surface area is 155 Å². The number of fused-ring (bicyclic) bond motifs is 1. The van der Waals surface area contributed by atoms with Crippen molar-refractivity contribution in [1.82, 2.24) is 4.98 Å². The molecule has 6 heteroatoms. The van der Waals surface area contributed by atoms with E-state index in [1.54, 1.807) is 6.20 Å². The summed E-state index contributed by atoms with van der Waals surface area (Å²) in [6, 6.07) is 15.9. The largest absolute Gasteiger partial charge is 0.454 e. The number of para-hydroxylation sites is 1. The highest BCUT2D eigenvalue weighted by Crippen LogP contribution is 2.36. The molecule has 0 spiro atoms. The van der Waals surface area contributed by atoms with Crippen molar-refractivity contribution in [3.8, 4) is 28.8 Å². The van der Waals surface area contributed by atoms with Crippen LogP contribution in [0.25, 0.3) is 16.8 Å². The monoisotopic (exact) mass is 361 g/mol. The van der Waals surface area contributed by atoms with Gasteiger partial charge in [-0.3, -0.25) is 0 Å². The van der Waals surface area contributed by atoms with E-state index in [0.717, 1.165) is 28.3 Å². The molecule has 1 aromatic heterocycles. The Balaban J connectivity index is 1.59. The Morgan fingerprint density at radius 3 is 2.92 bits per heavy atom. The second-order valence-electron chi connectivity index (χ2n) is 5.74. The van der Waals surface area contributed by atoms with Gasteiger partial charge in [-0.15, -0.1) is 11.3 Å². The topological polar surface area (TPSA) is 67.2 Å². The van der Waals surface area contributed by atoms with Crippen molar-refractivity contribution in [3.05, 3.63) is 64.6 Å². The van der Waals surface area contributed by atoms with E-state index in [1.165, 1.54) is 11.3 Å². The van der Waals surface area contributed by atoms with E-state index in [0.29, 0.717) is 16.3 Å². The number of hydrogen-bond donors (Lipinski definition) is 1. The van der Waals surface area contributed by atoms with Crippen LogP contribution >= 0.6 is 11.3 Å². The third-order valence-electron chi connectivity index (χ3n) is 4.04. The predicted octanol–water partition coefficient (Wildman–Crippen LogP) is 4.82. The first-order chi connectivity index (χ1) is 12.7. The molecular formula is C20H15N3O2S. The lowest BCUT2D eigenvalue weighted by atomic mass is 10.1. The fourth-order valence-electron chi connectivity index (χ4n) is 2.61. The molecule has 26 heavy (non-hydrogen) atoms. The third kappa shape index (κ3) is 3.13. The Hall–Kier alpha value is -3.30. The van der Waals surface area contributed by atoms with Gasteiger partial charge < -0.3 is 14.8 Å². The number of rotatable bonds is 4. The molecule has 2 heterocycles. The van der Waals surface area contributed by atoms with E-state index in [-0.39, 0.29) is 6.79 Å². The molecule has 0 bridgehead atoms. The van der Waals surface area contributed by atoms with Crippen molar-refractivity contribution in [2.24, 2.45) is 0 Å². The minimum Gasteiger partial charge on any atom is -0.454 e. The fraction of sp³-hybridized carbons (Fsp3) is 0.100. The van der Waals surface area contributed by atoms with Gasteiger partial charge in [0.25, 0.3) is 0 Å². The molecule has 0 unspecified atom stereocenters. The number of hydrogen-bond acceptors (Lipinski definition) is 6. The second kappa shape index (κ2) is 6.90. The summed E-state index contributed by atoms with van der Waals surface area (Å²) >= 11 is 1.44. The quantitative estimate of drug-likeness (QED) is 0.675. The summed E-state index contributed by atoms with van der Waals surface area (Å²) in [5.74, 6) is 1.46. The maximum Gasteiger partial charge on any atom is 0.231 e.